The molecule has 30 heavy (non-hydrogen) atoms. The number of aliphatic carboxylic acids is 1. The molecule has 2 N–H and O–H groups in total. The Balaban J connectivity index is 1.74. The molecule has 0 aromatic heterocycles. The van der Waals surface area contributed by atoms with Crippen LogP contribution < -0.4 is 14.8 Å². The molecule has 0 aliphatic heterocycles. The van der Waals surface area contributed by atoms with Crippen molar-refractivity contribution in [3.63, 3.8) is 0 Å². The Hall–Kier alpha value is -3.77. The van der Waals surface area contributed by atoms with Crippen LogP contribution in [0.3, 0.4) is 0 Å². The van der Waals surface area contributed by atoms with E-state index in [-0.39, 0.29) is 5.70 Å². The van der Waals surface area contributed by atoms with Gasteiger partial charge in [0.05, 0.1) is 12.1 Å². The van der Waals surface area contributed by atoms with Gasteiger partial charge in [0.15, 0.2) is 0 Å². The summed E-state index contributed by atoms with van der Waals surface area (Å²) in [7, 11) is 1.55. The van der Waals surface area contributed by atoms with Crippen LogP contribution in [0, 0.1) is 0 Å². The summed E-state index contributed by atoms with van der Waals surface area (Å²) in [6.45, 7) is 0. The van der Waals surface area contributed by atoms with Crippen LogP contribution in [0.1, 0.15) is 15.9 Å². The summed E-state index contributed by atoms with van der Waals surface area (Å²) in [5.41, 5.74) is 0.703. The van der Waals surface area contributed by atoms with Gasteiger partial charge >= 0.3 is 5.97 Å². The summed E-state index contributed by atoms with van der Waals surface area (Å²) in [4.78, 5) is 23.8. The van der Waals surface area contributed by atoms with Crippen molar-refractivity contribution in [2.45, 2.75) is 0 Å². The average Bonchev–Trinajstić information content (AvgIpc) is 2.76. The molecule has 0 bridgehead atoms. The predicted molar refractivity (Wildman–Crippen MR) is 114 cm³/mol. The second-order valence-electron chi connectivity index (χ2n) is 6.15. The first kappa shape index (κ1) is 21.0. The molecule has 0 fully saturated rings. The monoisotopic (exact) mass is 423 g/mol. The molecular weight excluding hydrogens is 406 g/mol. The molecule has 0 saturated carbocycles. The second-order valence-corrected chi connectivity index (χ2v) is 6.56. The summed E-state index contributed by atoms with van der Waals surface area (Å²) in [6.07, 6.45) is 1.37. The van der Waals surface area contributed by atoms with Crippen molar-refractivity contribution >= 4 is 29.6 Å². The maximum absolute atomic E-state index is 12.2. The highest BCUT2D eigenvalue weighted by Gasteiger charge is 2.13. The maximum Gasteiger partial charge on any atom is 0.352 e. The van der Waals surface area contributed by atoms with Gasteiger partial charge in [-0.05, 0) is 48.0 Å². The number of hydrogen-bond donors (Lipinski definition) is 2. The van der Waals surface area contributed by atoms with E-state index in [1.54, 1.807) is 79.9 Å². The molecule has 3 aromatic rings. The van der Waals surface area contributed by atoms with E-state index in [0.29, 0.717) is 33.4 Å². The number of nitrogens with one attached hydrogen (secondary N) is 1. The Labute approximate surface area is 178 Å². The van der Waals surface area contributed by atoms with Crippen molar-refractivity contribution in [2.24, 2.45) is 0 Å². The highest BCUT2D eigenvalue weighted by molar-refractivity contribution is 6.32. The van der Waals surface area contributed by atoms with Crippen molar-refractivity contribution in [3.05, 3.63) is 94.6 Å². The van der Waals surface area contributed by atoms with E-state index in [1.165, 1.54) is 6.08 Å². The summed E-state index contributed by atoms with van der Waals surface area (Å²) < 4.78 is 10.8. The highest BCUT2D eigenvalue weighted by Crippen LogP contribution is 2.32. The van der Waals surface area contributed by atoms with Crippen molar-refractivity contribution in [3.8, 4) is 17.2 Å². The van der Waals surface area contributed by atoms with Crippen LogP contribution in [0.15, 0.2) is 78.5 Å². The third-order valence-electron chi connectivity index (χ3n) is 4.07. The molecule has 6 nitrogen and oxygen atoms in total. The molecule has 152 valence electrons. The van der Waals surface area contributed by atoms with Gasteiger partial charge in [-0.15, -0.1) is 0 Å². The van der Waals surface area contributed by atoms with E-state index in [4.69, 9.17) is 21.1 Å². The van der Waals surface area contributed by atoms with Gasteiger partial charge in [-0.25, -0.2) is 4.79 Å². The fraction of sp³-hybridized carbons (Fsp3) is 0.0435. The van der Waals surface area contributed by atoms with Crippen LogP contribution in [0.4, 0.5) is 0 Å². The first-order valence-electron chi connectivity index (χ1n) is 8.89. The molecule has 0 unspecified atom stereocenters. The normalized spacial score (nSPS) is 10.9. The number of methoxy groups -OCH3 is 1. The molecule has 0 heterocycles. The summed E-state index contributed by atoms with van der Waals surface area (Å²) in [5, 5.41) is 12.2. The molecule has 0 aliphatic carbocycles. The molecule has 3 rings (SSSR count). The first-order valence-corrected chi connectivity index (χ1v) is 9.27. The van der Waals surface area contributed by atoms with Gasteiger partial charge in [-0.3, -0.25) is 4.79 Å². The zero-order valence-corrected chi connectivity index (χ0v) is 16.7. The third-order valence-corrected chi connectivity index (χ3v) is 4.37. The van der Waals surface area contributed by atoms with Crippen molar-refractivity contribution < 1.29 is 24.2 Å². The molecule has 7 heteroatoms. The summed E-state index contributed by atoms with van der Waals surface area (Å²) >= 11 is 6.17. The lowest BCUT2D eigenvalue weighted by molar-refractivity contribution is -0.132. The van der Waals surface area contributed by atoms with E-state index in [2.05, 4.69) is 5.32 Å². The first-order chi connectivity index (χ1) is 14.5. The minimum Gasteiger partial charge on any atom is -0.497 e. The molecule has 3 aromatic carbocycles. The number of carboxylic acid groups (broad SMARTS) is 1. The SMILES string of the molecule is COc1ccc(Oc2ccc(/C=C(\NC(=O)c3ccccc3)C(=O)O)cc2)c(Cl)c1. The molecule has 0 radical (unpaired) electrons. The lowest BCUT2D eigenvalue weighted by Crippen LogP contribution is -2.27. The van der Waals surface area contributed by atoms with Gasteiger partial charge in [0.25, 0.3) is 5.91 Å². The van der Waals surface area contributed by atoms with Crippen LogP contribution >= 0.6 is 11.6 Å². The van der Waals surface area contributed by atoms with E-state index >= 15 is 0 Å². The fourth-order valence-electron chi connectivity index (χ4n) is 2.55. The minimum atomic E-state index is -1.25. The number of halogens is 1. The predicted octanol–water partition coefficient (Wildman–Crippen LogP) is 5.00. The molecule has 0 spiro atoms. The Bertz CT molecular complexity index is 1080. The zero-order chi connectivity index (χ0) is 21.5. The van der Waals surface area contributed by atoms with Crippen LogP contribution in [0.2, 0.25) is 5.02 Å². The smallest absolute Gasteiger partial charge is 0.352 e. The Kier molecular flexibility index (Phi) is 6.72. The standard InChI is InChI=1S/C23H18ClNO5/c1-29-18-11-12-21(19(24)14-18)30-17-9-7-15(8-10-17)13-20(23(27)28)25-22(26)16-5-3-2-4-6-16/h2-14H,1H3,(H,25,26)(H,27,28)/b20-13-. The second kappa shape index (κ2) is 9.62. The lowest BCUT2D eigenvalue weighted by atomic mass is 10.1. The molecule has 1 amide bonds. The largest absolute Gasteiger partial charge is 0.497 e. The Morgan fingerprint density at radius 2 is 1.63 bits per heavy atom. The van der Waals surface area contributed by atoms with Crippen LogP contribution in [0.25, 0.3) is 6.08 Å². The summed E-state index contributed by atoms with van der Waals surface area (Å²) in [6, 6.07) is 20.1. The number of carboxylic acids is 1. The average molecular weight is 424 g/mol. The highest BCUT2D eigenvalue weighted by atomic mass is 35.5. The number of amides is 1. The maximum atomic E-state index is 12.2. The fourth-order valence-corrected chi connectivity index (χ4v) is 2.76. The number of benzene rings is 3. The molecular formula is C23H18ClNO5. The van der Waals surface area contributed by atoms with Crippen molar-refractivity contribution in [1.82, 2.24) is 5.32 Å². The molecule has 0 aliphatic rings. The van der Waals surface area contributed by atoms with E-state index in [9.17, 15) is 14.7 Å². The van der Waals surface area contributed by atoms with Crippen LogP contribution in [-0.4, -0.2) is 24.1 Å². The van der Waals surface area contributed by atoms with Gasteiger partial charge in [-0.2, -0.15) is 0 Å². The quantitative estimate of drug-likeness (QED) is 0.522. The van der Waals surface area contributed by atoms with Gasteiger partial charge in [0.2, 0.25) is 0 Å². The van der Waals surface area contributed by atoms with E-state index in [0.717, 1.165) is 0 Å². The summed E-state index contributed by atoms with van der Waals surface area (Å²) in [5.74, 6) is -0.152. The van der Waals surface area contributed by atoms with Gasteiger partial charge in [0.1, 0.15) is 22.9 Å². The van der Waals surface area contributed by atoms with Gasteiger partial charge < -0.3 is 19.9 Å². The number of ether oxygens (including phenoxy) is 2. The third kappa shape index (κ3) is 5.40. The lowest BCUT2D eigenvalue weighted by Gasteiger charge is -2.09. The van der Waals surface area contributed by atoms with Crippen molar-refractivity contribution in [2.75, 3.05) is 7.11 Å². The molecule has 0 atom stereocenters. The number of hydrogen-bond acceptors (Lipinski definition) is 4. The van der Waals surface area contributed by atoms with Gasteiger partial charge in [-0.1, -0.05) is 41.9 Å². The minimum absolute atomic E-state index is 0.240. The molecule has 0 saturated heterocycles. The topological polar surface area (TPSA) is 84.9 Å². The van der Waals surface area contributed by atoms with Gasteiger partial charge in [0, 0.05) is 11.6 Å². The number of carbonyl (C=O) groups is 2. The van der Waals surface area contributed by atoms with Crippen LogP contribution in [0.5, 0.6) is 17.2 Å². The van der Waals surface area contributed by atoms with Crippen LogP contribution in [-0.2, 0) is 4.79 Å². The van der Waals surface area contributed by atoms with Crippen molar-refractivity contribution in [1.29, 1.82) is 0 Å². The Morgan fingerprint density at radius 3 is 2.23 bits per heavy atom. The zero-order valence-electron chi connectivity index (χ0n) is 16.0. The Morgan fingerprint density at radius 1 is 0.967 bits per heavy atom. The number of rotatable bonds is 7. The van der Waals surface area contributed by atoms with E-state index < -0.39 is 11.9 Å². The number of carbonyl (C=O) groups excluding carboxylic acids is 1. The van der Waals surface area contributed by atoms with E-state index in [1.807, 2.05) is 0 Å².